The number of hydrogen-bond acceptors (Lipinski definition) is 3. The highest BCUT2D eigenvalue weighted by atomic mass is 16.3. The Hall–Kier alpha value is -1.35. The molecule has 3 nitrogen and oxygen atoms in total. The number of hydrogen-bond donors (Lipinski definition) is 1. The summed E-state index contributed by atoms with van der Waals surface area (Å²) >= 11 is 0. The van der Waals surface area contributed by atoms with Crippen LogP contribution in [-0.4, -0.2) is 23.2 Å². The van der Waals surface area contributed by atoms with Gasteiger partial charge in [0.05, 0.1) is 12.3 Å². The van der Waals surface area contributed by atoms with Crippen molar-refractivity contribution >= 4 is 5.82 Å². The predicted octanol–water partition coefficient (Wildman–Crippen LogP) is 2.76. The Labute approximate surface area is 109 Å². The summed E-state index contributed by atoms with van der Waals surface area (Å²) in [6, 6.07) is 5.82. The molecule has 0 bridgehead atoms. The van der Waals surface area contributed by atoms with Gasteiger partial charge in [-0.15, -0.1) is 0 Å². The van der Waals surface area contributed by atoms with Gasteiger partial charge in [0.15, 0.2) is 0 Å². The van der Waals surface area contributed by atoms with Gasteiger partial charge in [-0.3, -0.25) is 0 Å². The molecule has 0 aromatic carbocycles. The van der Waals surface area contributed by atoms with E-state index in [1.807, 2.05) is 18.2 Å². The third kappa shape index (κ3) is 2.91. The average molecular weight is 246 g/mol. The van der Waals surface area contributed by atoms with Crippen molar-refractivity contribution in [1.82, 2.24) is 4.98 Å². The van der Waals surface area contributed by atoms with E-state index >= 15 is 0 Å². The van der Waals surface area contributed by atoms with Crippen LogP contribution in [-0.2, 0) is 6.61 Å². The van der Waals surface area contributed by atoms with Crippen LogP contribution < -0.4 is 4.90 Å². The molecule has 1 aliphatic heterocycles. The summed E-state index contributed by atoms with van der Waals surface area (Å²) in [5, 5.41) is 9.12. The first kappa shape index (κ1) is 13.1. The van der Waals surface area contributed by atoms with Crippen LogP contribution >= 0.6 is 0 Å². The second-order valence-corrected chi connectivity index (χ2v) is 5.82. The summed E-state index contributed by atoms with van der Waals surface area (Å²) in [5.74, 6) is 0.964. The zero-order valence-electron chi connectivity index (χ0n) is 11.5. The highest BCUT2D eigenvalue weighted by molar-refractivity contribution is 5.42. The number of anilines is 1. The highest BCUT2D eigenvalue weighted by Gasteiger charge is 2.21. The molecule has 1 N–H and O–H groups in total. The van der Waals surface area contributed by atoms with Crippen molar-refractivity contribution in [2.24, 2.45) is 5.41 Å². The third-order valence-electron chi connectivity index (χ3n) is 3.45. The van der Waals surface area contributed by atoms with Crippen LogP contribution in [0.15, 0.2) is 29.8 Å². The molecule has 98 valence electrons. The van der Waals surface area contributed by atoms with Crippen molar-refractivity contribution in [2.75, 3.05) is 18.0 Å². The normalized spacial score (nSPS) is 16.7. The summed E-state index contributed by atoms with van der Waals surface area (Å²) in [6.45, 7) is 8.71. The van der Waals surface area contributed by atoms with E-state index in [4.69, 9.17) is 5.11 Å². The van der Waals surface area contributed by atoms with Crippen molar-refractivity contribution in [3.05, 3.63) is 35.5 Å². The minimum atomic E-state index is 0.00472. The number of aliphatic hydroxyl groups is 1. The molecule has 0 spiro atoms. The molecule has 1 aliphatic rings. The number of rotatable bonds is 2. The van der Waals surface area contributed by atoms with Crippen LogP contribution in [0.1, 0.15) is 32.9 Å². The summed E-state index contributed by atoms with van der Waals surface area (Å²) in [6.07, 6.45) is 3.41. The van der Waals surface area contributed by atoms with Crippen molar-refractivity contribution in [2.45, 2.75) is 33.8 Å². The molecule has 2 rings (SSSR count). The van der Waals surface area contributed by atoms with Gasteiger partial charge in [0.1, 0.15) is 5.82 Å². The first-order valence-corrected chi connectivity index (χ1v) is 6.52. The Bertz CT molecular complexity index is 446. The fourth-order valence-corrected chi connectivity index (χ4v) is 2.29. The molecule has 0 atom stereocenters. The Morgan fingerprint density at radius 2 is 2.11 bits per heavy atom. The van der Waals surface area contributed by atoms with Crippen LogP contribution in [0.25, 0.3) is 0 Å². The van der Waals surface area contributed by atoms with E-state index in [-0.39, 0.29) is 12.0 Å². The van der Waals surface area contributed by atoms with E-state index in [0.29, 0.717) is 0 Å². The van der Waals surface area contributed by atoms with E-state index in [0.717, 1.165) is 31.0 Å². The van der Waals surface area contributed by atoms with Gasteiger partial charge in [-0.1, -0.05) is 38.5 Å². The molecule has 18 heavy (non-hydrogen) atoms. The number of nitrogens with zero attached hydrogens (tertiary/aromatic N) is 2. The Morgan fingerprint density at radius 1 is 1.33 bits per heavy atom. The zero-order chi connectivity index (χ0) is 13.2. The van der Waals surface area contributed by atoms with Gasteiger partial charge in [-0.05, 0) is 24.0 Å². The molecule has 3 heteroatoms. The number of aromatic nitrogens is 1. The number of pyridine rings is 1. The molecule has 0 aliphatic carbocycles. The maximum absolute atomic E-state index is 9.12. The lowest BCUT2D eigenvalue weighted by Crippen LogP contribution is -2.31. The Morgan fingerprint density at radius 3 is 2.67 bits per heavy atom. The molecule has 0 unspecified atom stereocenters. The van der Waals surface area contributed by atoms with Crippen LogP contribution in [0.4, 0.5) is 5.82 Å². The molecule has 1 aromatic heterocycles. The molecule has 0 saturated heterocycles. The largest absolute Gasteiger partial charge is 0.390 e. The highest BCUT2D eigenvalue weighted by Crippen LogP contribution is 2.31. The minimum absolute atomic E-state index is 0.00472. The van der Waals surface area contributed by atoms with Gasteiger partial charge in [0.2, 0.25) is 0 Å². The fraction of sp³-hybridized carbons (Fsp3) is 0.533. The van der Waals surface area contributed by atoms with E-state index < -0.39 is 0 Å². The zero-order valence-corrected chi connectivity index (χ0v) is 11.5. The monoisotopic (exact) mass is 246 g/mol. The standard InChI is InChI=1S/C15H22N2O/c1-15(2,3)12-7-9-17(10-8-12)14-6-4-5-13(11-18)16-14/h4-7,18H,8-11H2,1-3H3. The quantitative estimate of drug-likeness (QED) is 0.815. The SMILES string of the molecule is CC(C)(C)C1=CCN(c2cccc(CO)n2)CC1. The summed E-state index contributed by atoms with van der Waals surface area (Å²) in [4.78, 5) is 6.71. The van der Waals surface area contributed by atoms with E-state index in [2.05, 4.69) is 36.7 Å². The van der Waals surface area contributed by atoms with Gasteiger partial charge >= 0.3 is 0 Å². The Kier molecular flexibility index (Phi) is 3.71. The van der Waals surface area contributed by atoms with E-state index in [1.54, 1.807) is 0 Å². The summed E-state index contributed by atoms with van der Waals surface area (Å²) < 4.78 is 0. The Balaban J connectivity index is 2.11. The molecule has 0 fully saturated rings. The second-order valence-electron chi connectivity index (χ2n) is 5.82. The van der Waals surface area contributed by atoms with Crippen molar-refractivity contribution in [1.29, 1.82) is 0 Å². The van der Waals surface area contributed by atoms with Crippen LogP contribution in [0.3, 0.4) is 0 Å². The van der Waals surface area contributed by atoms with Gasteiger partial charge in [0, 0.05) is 13.1 Å². The van der Waals surface area contributed by atoms with Gasteiger partial charge in [-0.2, -0.15) is 0 Å². The third-order valence-corrected chi connectivity index (χ3v) is 3.45. The van der Waals surface area contributed by atoms with Gasteiger partial charge < -0.3 is 10.0 Å². The van der Waals surface area contributed by atoms with E-state index in [9.17, 15) is 0 Å². The van der Waals surface area contributed by atoms with Gasteiger partial charge in [0.25, 0.3) is 0 Å². The smallest absolute Gasteiger partial charge is 0.129 e. The summed E-state index contributed by atoms with van der Waals surface area (Å²) in [5.41, 5.74) is 2.53. The first-order valence-electron chi connectivity index (χ1n) is 6.52. The van der Waals surface area contributed by atoms with Crippen molar-refractivity contribution in [3.8, 4) is 0 Å². The number of aliphatic hydroxyl groups excluding tert-OH is 1. The van der Waals surface area contributed by atoms with Gasteiger partial charge in [-0.25, -0.2) is 4.98 Å². The fourth-order valence-electron chi connectivity index (χ4n) is 2.29. The lowest BCUT2D eigenvalue weighted by atomic mass is 9.83. The van der Waals surface area contributed by atoms with E-state index in [1.165, 1.54) is 5.57 Å². The van der Waals surface area contributed by atoms with Crippen LogP contribution in [0.5, 0.6) is 0 Å². The molecule has 2 heterocycles. The molecule has 0 saturated carbocycles. The molecule has 0 amide bonds. The van der Waals surface area contributed by atoms with Crippen LogP contribution in [0, 0.1) is 5.41 Å². The minimum Gasteiger partial charge on any atom is -0.390 e. The van der Waals surface area contributed by atoms with Crippen molar-refractivity contribution in [3.63, 3.8) is 0 Å². The second kappa shape index (κ2) is 5.11. The predicted molar refractivity (Wildman–Crippen MR) is 74.5 cm³/mol. The van der Waals surface area contributed by atoms with Crippen molar-refractivity contribution < 1.29 is 5.11 Å². The first-order chi connectivity index (χ1) is 8.50. The average Bonchev–Trinajstić information content (AvgIpc) is 2.38. The lowest BCUT2D eigenvalue weighted by Gasteiger charge is -2.32. The molecular weight excluding hydrogens is 224 g/mol. The maximum Gasteiger partial charge on any atom is 0.129 e. The molecule has 0 radical (unpaired) electrons. The van der Waals surface area contributed by atoms with Crippen LogP contribution in [0.2, 0.25) is 0 Å². The topological polar surface area (TPSA) is 36.4 Å². The lowest BCUT2D eigenvalue weighted by molar-refractivity contribution is 0.277. The maximum atomic E-state index is 9.12. The summed E-state index contributed by atoms with van der Waals surface area (Å²) in [7, 11) is 0. The molecular formula is C15H22N2O. The molecule has 1 aromatic rings.